The van der Waals surface area contributed by atoms with Crippen LogP contribution in [0.4, 0.5) is 0 Å². The number of benzene rings is 2. The standard InChI is InChI=1S/C18H18ClN3/c1-22(2)10-9-20-12-15-11-14-8-7-13-5-3-4-6-16(13)17(14)21-18(15)19/h3-8,11-12H,9-10H2,1-2H3. The Labute approximate surface area is 135 Å². The van der Waals surface area contributed by atoms with Gasteiger partial charge in [-0.15, -0.1) is 0 Å². The molecular weight excluding hydrogens is 294 g/mol. The van der Waals surface area contributed by atoms with E-state index in [9.17, 15) is 0 Å². The van der Waals surface area contributed by atoms with E-state index in [2.05, 4.69) is 45.2 Å². The van der Waals surface area contributed by atoms with Gasteiger partial charge in [0.15, 0.2) is 0 Å². The van der Waals surface area contributed by atoms with Crippen LogP contribution in [0.2, 0.25) is 5.15 Å². The van der Waals surface area contributed by atoms with Crippen molar-refractivity contribution in [3.05, 3.63) is 53.2 Å². The Morgan fingerprint density at radius 1 is 1.14 bits per heavy atom. The normalized spacial score (nSPS) is 12.0. The molecule has 0 aliphatic rings. The lowest BCUT2D eigenvalue weighted by Gasteiger charge is -2.07. The van der Waals surface area contributed by atoms with Crippen molar-refractivity contribution in [2.45, 2.75) is 0 Å². The predicted octanol–water partition coefficient (Wildman–Crippen LogP) is 4.02. The van der Waals surface area contributed by atoms with E-state index in [0.717, 1.165) is 34.9 Å². The van der Waals surface area contributed by atoms with Crippen molar-refractivity contribution >= 4 is 39.5 Å². The minimum absolute atomic E-state index is 0.498. The summed E-state index contributed by atoms with van der Waals surface area (Å²) in [6.07, 6.45) is 1.81. The summed E-state index contributed by atoms with van der Waals surface area (Å²) in [6.45, 7) is 1.67. The van der Waals surface area contributed by atoms with Crippen molar-refractivity contribution in [3.8, 4) is 0 Å². The number of fused-ring (bicyclic) bond motifs is 3. The number of aromatic nitrogens is 1. The number of aliphatic imine (C=N–C) groups is 1. The molecule has 1 aromatic heterocycles. The molecule has 0 N–H and O–H groups in total. The summed E-state index contributed by atoms with van der Waals surface area (Å²) in [7, 11) is 4.07. The molecule has 112 valence electrons. The highest BCUT2D eigenvalue weighted by molar-refractivity contribution is 6.32. The summed E-state index contributed by atoms with van der Waals surface area (Å²) in [5.74, 6) is 0. The molecule has 3 aromatic rings. The summed E-state index contributed by atoms with van der Waals surface area (Å²) in [5, 5.41) is 3.87. The summed E-state index contributed by atoms with van der Waals surface area (Å²) < 4.78 is 0. The van der Waals surface area contributed by atoms with Gasteiger partial charge < -0.3 is 4.90 Å². The number of pyridine rings is 1. The lowest BCUT2D eigenvalue weighted by atomic mass is 10.1. The highest BCUT2D eigenvalue weighted by Crippen LogP contribution is 2.26. The van der Waals surface area contributed by atoms with Crippen LogP contribution in [0.15, 0.2) is 47.5 Å². The molecule has 3 rings (SSSR count). The second kappa shape index (κ2) is 6.42. The molecule has 0 aliphatic carbocycles. The predicted molar refractivity (Wildman–Crippen MR) is 95.3 cm³/mol. The van der Waals surface area contributed by atoms with Gasteiger partial charge in [-0.25, -0.2) is 4.98 Å². The molecule has 2 aromatic carbocycles. The van der Waals surface area contributed by atoms with Gasteiger partial charge in [-0.1, -0.05) is 48.0 Å². The number of hydrogen-bond acceptors (Lipinski definition) is 3. The van der Waals surface area contributed by atoms with Gasteiger partial charge in [0.05, 0.1) is 12.1 Å². The van der Waals surface area contributed by atoms with Crippen LogP contribution in [-0.2, 0) is 0 Å². The van der Waals surface area contributed by atoms with E-state index in [1.807, 2.05) is 32.4 Å². The number of nitrogens with zero attached hydrogens (tertiary/aromatic N) is 3. The van der Waals surface area contributed by atoms with Crippen LogP contribution < -0.4 is 0 Å². The van der Waals surface area contributed by atoms with Crippen molar-refractivity contribution in [1.82, 2.24) is 9.88 Å². The number of hydrogen-bond donors (Lipinski definition) is 0. The SMILES string of the molecule is CN(C)CCN=Cc1cc2ccc3ccccc3c2nc1Cl. The Bertz CT molecular complexity index is 840. The Kier molecular flexibility index (Phi) is 4.36. The van der Waals surface area contributed by atoms with Crippen LogP contribution in [0.5, 0.6) is 0 Å². The van der Waals surface area contributed by atoms with Crippen LogP contribution in [0.25, 0.3) is 21.7 Å². The third-order valence-corrected chi connectivity index (χ3v) is 3.90. The molecule has 3 nitrogen and oxygen atoms in total. The van der Waals surface area contributed by atoms with Crippen molar-refractivity contribution < 1.29 is 0 Å². The van der Waals surface area contributed by atoms with Crippen molar-refractivity contribution in [1.29, 1.82) is 0 Å². The Morgan fingerprint density at radius 3 is 2.73 bits per heavy atom. The fraction of sp³-hybridized carbons (Fsp3) is 0.222. The summed E-state index contributed by atoms with van der Waals surface area (Å²) in [5.41, 5.74) is 1.80. The first-order chi connectivity index (χ1) is 10.6. The highest BCUT2D eigenvalue weighted by Gasteiger charge is 2.06. The van der Waals surface area contributed by atoms with E-state index in [4.69, 9.17) is 11.6 Å². The Balaban J connectivity index is 2.00. The molecule has 0 radical (unpaired) electrons. The number of rotatable bonds is 4. The van der Waals surface area contributed by atoms with Gasteiger partial charge in [0, 0.05) is 29.1 Å². The molecule has 0 saturated carbocycles. The number of halogens is 1. The van der Waals surface area contributed by atoms with Crippen LogP contribution in [-0.4, -0.2) is 43.3 Å². The van der Waals surface area contributed by atoms with E-state index in [1.54, 1.807) is 0 Å². The molecular formula is C18H18ClN3. The minimum Gasteiger partial charge on any atom is -0.308 e. The van der Waals surface area contributed by atoms with E-state index >= 15 is 0 Å². The first-order valence-electron chi connectivity index (χ1n) is 7.28. The van der Waals surface area contributed by atoms with Crippen molar-refractivity contribution in [2.75, 3.05) is 27.2 Å². The van der Waals surface area contributed by atoms with Gasteiger partial charge >= 0.3 is 0 Å². The third kappa shape index (κ3) is 3.11. The topological polar surface area (TPSA) is 28.5 Å². The van der Waals surface area contributed by atoms with Gasteiger partial charge in [-0.05, 0) is 25.5 Å². The monoisotopic (exact) mass is 311 g/mol. The fourth-order valence-corrected chi connectivity index (χ4v) is 2.60. The summed E-state index contributed by atoms with van der Waals surface area (Å²) >= 11 is 6.33. The largest absolute Gasteiger partial charge is 0.308 e. The highest BCUT2D eigenvalue weighted by atomic mass is 35.5. The average Bonchev–Trinajstić information content (AvgIpc) is 2.51. The van der Waals surface area contributed by atoms with Gasteiger partial charge in [0.25, 0.3) is 0 Å². The van der Waals surface area contributed by atoms with E-state index in [-0.39, 0.29) is 0 Å². The maximum Gasteiger partial charge on any atom is 0.138 e. The van der Waals surface area contributed by atoms with Crippen LogP contribution >= 0.6 is 11.6 Å². The van der Waals surface area contributed by atoms with E-state index < -0.39 is 0 Å². The zero-order chi connectivity index (χ0) is 15.5. The first kappa shape index (κ1) is 14.9. The number of likely N-dealkylation sites (N-methyl/N-ethyl adjacent to an activating group) is 1. The molecule has 22 heavy (non-hydrogen) atoms. The Morgan fingerprint density at radius 2 is 1.91 bits per heavy atom. The quantitative estimate of drug-likeness (QED) is 0.413. The third-order valence-electron chi connectivity index (χ3n) is 3.60. The van der Waals surface area contributed by atoms with E-state index in [0.29, 0.717) is 5.15 Å². The molecule has 0 unspecified atom stereocenters. The molecule has 0 saturated heterocycles. The molecule has 0 amide bonds. The Hall–Kier alpha value is -1.97. The minimum atomic E-state index is 0.498. The molecule has 0 bridgehead atoms. The average molecular weight is 312 g/mol. The molecule has 4 heteroatoms. The van der Waals surface area contributed by atoms with Crippen LogP contribution in [0.1, 0.15) is 5.56 Å². The van der Waals surface area contributed by atoms with Crippen LogP contribution in [0.3, 0.4) is 0 Å². The van der Waals surface area contributed by atoms with Crippen molar-refractivity contribution in [2.24, 2.45) is 4.99 Å². The smallest absolute Gasteiger partial charge is 0.138 e. The van der Waals surface area contributed by atoms with Crippen LogP contribution in [0, 0.1) is 0 Å². The molecule has 1 heterocycles. The second-order valence-electron chi connectivity index (χ2n) is 5.57. The molecule has 0 atom stereocenters. The van der Waals surface area contributed by atoms with Crippen molar-refractivity contribution in [3.63, 3.8) is 0 Å². The zero-order valence-corrected chi connectivity index (χ0v) is 13.5. The lowest BCUT2D eigenvalue weighted by molar-refractivity contribution is 0.421. The fourth-order valence-electron chi connectivity index (χ4n) is 2.41. The van der Waals surface area contributed by atoms with Gasteiger partial charge in [-0.3, -0.25) is 4.99 Å². The molecule has 0 aliphatic heterocycles. The second-order valence-corrected chi connectivity index (χ2v) is 5.92. The maximum atomic E-state index is 6.33. The summed E-state index contributed by atoms with van der Waals surface area (Å²) in [4.78, 5) is 11.1. The van der Waals surface area contributed by atoms with Gasteiger partial charge in [-0.2, -0.15) is 0 Å². The van der Waals surface area contributed by atoms with E-state index in [1.165, 1.54) is 5.39 Å². The van der Waals surface area contributed by atoms with Gasteiger partial charge in [0.2, 0.25) is 0 Å². The first-order valence-corrected chi connectivity index (χ1v) is 7.65. The zero-order valence-electron chi connectivity index (χ0n) is 12.8. The maximum absolute atomic E-state index is 6.33. The molecule has 0 spiro atoms. The lowest BCUT2D eigenvalue weighted by Crippen LogP contribution is -2.15. The van der Waals surface area contributed by atoms with Gasteiger partial charge in [0.1, 0.15) is 5.15 Å². The molecule has 0 fully saturated rings. The summed E-state index contributed by atoms with van der Waals surface area (Å²) in [6, 6.07) is 14.5.